The lowest BCUT2D eigenvalue weighted by Crippen LogP contribution is -2.46. The van der Waals surface area contributed by atoms with Gasteiger partial charge in [0.15, 0.2) is 5.96 Å². The molecule has 0 aliphatic rings. The minimum Gasteiger partial charge on any atom is -0.388 e. The number of aromatic nitrogens is 1. The average molecular weight is 454 g/mol. The third-order valence-electron chi connectivity index (χ3n) is 3.78. The van der Waals surface area contributed by atoms with Gasteiger partial charge in [0.1, 0.15) is 5.01 Å². The number of nitrogens with zero attached hydrogens (tertiary/aromatic N) is 2. The van der Waals surface area contributed by atoms with Crippen LogP contribution in [-0.4, -0.2) is 34.7 Å². The van der Waals surface area contributed by atoms with E-state index < -0.39 is 5.60 Å². The van der Waals surface area contributed by atoms with Gasteiger partial charge in [0.25, 0.3) is 0 Å². The number of thiazole rings is 1. The highest BCUT2D eigenvalue weighted by atomic mass is 127. The maximum Gasteiger partial charge on any atom is 0.191 e. The van der Waals surface area contributed by atoms with Crippen molar-refractivity contribution in [1.82, 2.24) is 15.6 Å². The van der Waals surface area contributed by atoms with E-state index in [-0.39, 0.29) is 24.0 Å². The fourth-order valence-corrected chi connectivity index (χ4v) is 2.78. The molecular weight excluding hydrogens is 423 g/mol. The highest BCUT2D eigenvalue weighted by molar-refractivity contribution is 14.0. The molecule has 5 nitrogen and oxygen atoms in total. The van der Waals surface area contributed by atoms with E-state index >= 15 is 0 Å². The molecule has 0 bridgehead atoms. The summed E-state index contributed by atoms with van der Waals surface area (Å²) in [6, 6.07) is 0. The smallest absolute Gasteiger partial charge is 0.191 e. The summed E-state index contributed by atoms with van der Waals surface area (Å²) in [4.78, 5) is 9.15. The summed E-state index contributed by atoms with van der Waals surface area (Å²) in [5.41, 5.74) is 0.446. The predicted octanol–water partition coefficient (Wildman–Crippen LogP) is 3.49. The monoisotopic (exact) mass is 454 g/mol. The Labute approximate surface area is 161 Å². The van der Waals surface area contributed by atoms with Crippen LogP contribution in [0.15, 0.2) is 10.4 Å². The predicted molar refractivity (Wildman–Crippen MR) is 110 cm³/mol. The number of aliphatic hydroxyl groups is 1. The number of guanidine groups is 1. The molecular formula is C16H31IN4OS. The first-order chi connectivity index (χ1) is 10.4. The Bertz CT molecular complexity index is 472. The van der Waals surface area contributed by atoms with Gasteiger partial charge < -0.3 is 15.7 Å². The van der Waals surface area contributed by atoms with Crippen LogP contribution < -0.4 is 10.6 Å². The maximum absolute atomic E-state index is 10.3. The van der Waals surface area contributed by atoms with Gasteiger partial charge in [0, 0.05) is 18.5 Å². The fraction of sp³-hybridized carbons (Fsp3) is 0.750. The fourth-order valence-electron chi connectivity index (χ4n) is 1.90. The Morgan fingerprint density at radius 2 is 1.96 bits per heavy atom. The van der Waals surface area contributed by atoms with Crippen molar-refractivity contribution in [2.24, 2.45) is 4.99 Å². The molecule has 23 heavy (non-hydrogen) atoms. The molecule has 0 aliphatic heterocycles. The Balaban J connectivity index is 0.00000484. The summed E-state index contributed by atoms with van der Waals surface area (Å²) < 4.78 is 0. The Morgan fingerprint density at radius 3 is 2.43 bits per heavy atom. The molecule has 0 amide bonds. The molecule has 1 rings (SSSR count). The molecule has 0 aromatic carbocycles. The van der Waals surface area contributed by atoms with Gasteiger partial charge in [-0.1, -0.05) is 27.7 Å². The van der Waals surface area contributed by atoms with Gasteiger partial charge in [0.05, 0.1) is 17.8 Å². The highest BCUT2D eigenvalue weighted by Gasteiger charge is 2.22. The summed E-state index contributed by atoms with van der Waals surface area (Å²) in [7, 11) is 0. The molecule has 0 fully saturated rings. The zero-order valence-corrected chi connectivity index (χ0v) is 18.0. The normalized spacial score (nSPS) is 12.2. The van der Waals surface area contributed by atoms with Crippen molar-refractivity contribution in [3.05, 3.63) is 16.1 Å². The summed E-state index contributed by atoms with van der Waals surface area (Å²) in [6.07, 6.45) is 1.44. The number of halogens is 1. The second-order valence-electron chi connectivity index (χ2n) is 5.80. The third-order valence-corrected chi connectivity index (χ3v) is 4.63. The van der Waals surface area contributed by atoms with Crippen molar-refractivity contribution < 1.29 is 5.11 Å². The van der Waals surface area contributed by atoms with Crippen LogP contribution in [0.2, 0.25) is 0 Å². The lowest BCUT2D eigenvalue weighted by Gasteiger charge is -2.26. The molecule has 0 atom stereocenters. The molecule has 0 saturated heterocycles. The minimum atomic E-state index is -0.678. The van der Waals surface area contributed by atoms with E-state index in [0.717, 1.165) is 36.0 Å². The summed E-state index contributed by atoms with van der Waals surface area (Å²) >= 11 is 1.65. The summed E-state index contributed by atoms with van der Waals surface area (Å²) in [5.74, 6) is 1.17. The summed E-state index contributed by atoms with van der Waals surface area (Å²) in [5, 5.41) is 19.9. The first kappa shape index (κ1) is 22.6. The first-order valence-corrected chi connectivity index (χ1v) is 9.00. The second-order valence-corrected chi connectivity index (χ2v) is 6.74. The Kier molecular flexibility index (Phi) is 11.0. The molecule has 3 N–H and O–H groups in total. The van der Waals surface area contributed by atoms with E-state index in [2.05, 4.69) is 39.8 Å². The molecule has 0 unspecified atom stereocenters. The van der Waals surface area contributed by atoms with E-state index in [1.807, 2.05) is 20.8 Å². The van der Waals surface area contributed by atoms with Gasteiger partial charge in [-0.05, 0) is 25.7 Å². The molecule has 7 heteroatoms. The van der Waals surface area contributed by atoms with Crippen LogP contribution in [0.25, 0.3) is 0 Å². The quantitative estimate of drug-likeness (QED) is 0.320. The zero-order chi connectivity index (χ0) is 16.6. The number of nitrogens with one attached hydrogen (secondary N) is 2. The van der Waals surface area contributed by atoms with Crippen molar-refractivity contribution in [1.29, 1.82) is 0 Å². The van der Waals surface area contributed by atoms with Gasteiger partial charge in [0.2, 0.25) is 0 Å². The van der Waals surface area contributed by atoms with E-state index in [1.165, 1.54) is 0 Å². The van der Waals surface area contributed by atoms with Gasteiger partial charge in [-0.3, -0.25) is 0 Å². The van der Waals surface area contributed by atoms with Crippen LogP contribution in [0, 0.1) is 0 Å². The third kappa shape index (κ3) is 7.80. The van der Waals surface area contributed by atoms with Crippen LogP contribution in [0.1, 0.15) is 64.1 Å². The lowest BCUT2D eigenvalue weighted by molar-refractivity contribution is 0.0367. The number of rotatable bonds is 8. The van der Waals surface area contributed by atoms with E-state index in [0.29, 0.717) is 19.0 Å². The molecule has 0 saturated carbocycles. The van der Waals surface area contributed by atoms with Crippen molar-refractivity contribution in [3.63, 3.8) is 0 Å². The number of hydrogen-bond acceptors (Lipinski definition) is 4. The molecule has 1 heterocycles. The topological polar surface area (TPSA) is 69.5 Å². The van der Waals surface area contributed by atoms with Crippen molar-refractivity contribution in [2.45, 2.75) is 65.5 Å². The highest BCUT2D eigenvalue weighted by Crippen LogP contribution is 2.18. The van der Waals surface area contributed by atoms with Gasteiger partial charge in [-0.15, -0.1) is 35.3 Å². The number of aliphatic imine (C=N–C) groups is 1. The van der Waals surface area contributed by atoms with Crippen LogP contribution in [0.5, 0.6) is 0 Å². The Morgan fingerprint density at radius 1 is 1.30 bits per heavy atom. The van der Waals surface area contributed by atoms with Crippen LogP contribution >= 0.6 is 35.3 Å². The molecule has 0 radical (unpaired) electrons. The largest absolute Gasteiger partial charge is 0.388 e. The molecule has 1 aromatic heterocycles. The lowest BCUT2D eigenvalue weighted by atomic mass is 9.98. The van der Waals surface area contributed by atoms with Crippen molar-refractivity contribution >= 4 is 41.3 Å². The molecule has 0 spiro atoms. The maximum atomic E-state index is 10.3. The average Bonchev–Trinajstić information content (AvgIpc) is 2.99. The van der Waals surface area contributed by atoms with Crippen molar-refractivity contribution in [2.75, 3.05) is 13.1 Å². The van der Waals surface area contributed by atoms with E-state index in [4.69, 9.17) is 0 Å². The number of hydrogen-bond donors (Lipinski definition) is 3. The second kappa shape index (κ2) is 11.2. The van der Waals surface area contributed by atoms with Gasteiger partial charge >= 0.3 is 0 Å². The van der Waals surface area contributed by atoms with E-state index in [9.17, 15) is 5.11 Å². The van der Waals surface area contributed by atoms with Crippen LogP contribution in [-0.2, 0) is 6.54 Å². The minimum absolute atomic E-state index is 0. The van der Waals surface area contributed by atoms with Crippen molar-refractivity contribution in [3.8, 4) is 0 Å². The molecule has 134 valence electrons. The SMILES string of the molecule is CCNC(=NCc1nc(C(C)C)cs1)NCC(O)(CC)CC.I. The Hall–Kier alpha value is -0.410. The van der Waals surface area contributed by atoms with Gasteiger partial charge in [-0.25, -0.2) is 9.98 Å². The first-order valence-electron chi connectivity index (χ1n) is 8.13. The van der Waals surface area contributed by atoms with Gasteiger partial charge in [-0.2, -0.15) is 0 Å². The van der Waals surface area contributed by atoms with Crippen LogP contribution in [0.3, 0.4) is 0 Å². The van der Waals surface area contributed by atoms with E-state index in [1.54, 1.807) is 11.3 Å². The van der Waals surface area contributed by atoms with Crippen LogP contribution in [0.4, 0.5) is 0 Å². The molecule has 1 aromatic rings. The summed E-state index contributed by atoms with van der Waals surface area (Å²) in [6.45, 7) is 12.2. The molecule has 0 aliphatic carbocycles. The standard InChI is InChI=1S/C16H30N4OS.HI/c1-6-16(21,7-2)11-19-15(17-8-3)18-9-14-20-13(10-22-14)12(4)5;/h10,12,21H,6-9,11H2,1-5H3,(H2,17,18,19);1H. The zero-order valence-electron chi connectivity index (χ0n) is 14.8.